The zero-order chi connectivity index (χ0) is 17.7. The molecule has 0 aliphatic heterocycles. The van der Waals surface area contributed by atoms with Crippen LogP contribution in [0.2, 0.25) is 0 Å². The molecule has 128 valence electrons. The first-order chi connectivity index (χ1) is 11.4. The van der Waals surface area contributed by atoms with Crippen molar-refractivity contribution in [2.24, 2.45) is 5.41 Å². The second-order valence-electron chi connectivity index (χ2n) is 6.28. The van der Waals surface area contributed by atoms with Crippen molar-refractivity contribution < 1.29 is 14.0 Å². The third-order valence-electron chi connectivity index (χ3n) is 3.98. The Hall–Kier alpha value is -2.56. The summed E-state index contributed by atoms with van der Waals surface area (Å²) in [6, 6.07) is 11.2. The summed E-state index contributed by atoms with van der Waals surface area (Å²) < 4.78 is 5.20. The van der Waals surface area contributed by atoms with Crippen LogP contribution < -0.4 is 10.2 Å². The van der Waals surface area contributed by atoms with Gasteiger partial charge in [0.1, 0.15) is 11.2 Å². The van der Waals surface area contributed by atoms with Crippen molar-refractivity contribution >= 4 is 17.5 Å². The zero-order valence-electron chi connectivity index (χ0n) is 14.6. The Morgan fingerprint density at radius 2 is 1.96 bits per heavy atom. The van der Waals surface area contributed by atoms with E-state index in [1.165, 1.54) is 0 Å². The van der Waals surface area contributed by atoms with Gasteiger partial charge in [0.25, 0.3) is 0 Å². The number of hydrogen-bond donors (Lipinski definition) is 1. The fourth-order valence-corrected chi connectivity index (χ4v) is 2.48. The predicted octanol–water partition coefficient (Wildman–Crippen LogP) is 3.28. The van der Waals surface area contributed by atoms with Crippen molar-refractivity contribution in [1.29, 1.82) is 0 Å². The molecule has 1 heterocycles. The summed E-state index contributed by atoms with van der Waals surface area (Å²) in [5.74, 6) is 0.0974. The van der Waals surface area contributed by atoms with Crippen molar-refractivity contribution in [2.75, 3.05) is 11.4 Å². The van der Waals surface area contributed by atoms with E-state index in [9.17, 15) is 9.59 Å². The molecule has 0 aliphatic carbocycles. The number of carbonyl (C=O) groups is 2. The molecular formula is C19H24N2O3. The van der Waals surface area contributed by atoms with Crippen LogP contribution in [0, 0.1) is 12.3 Å². The van der Waals surface area contributed by atoms with Crippen LogP contribution in [0.25, 0.3) is 0 Å². The predicted molar refractivity (Wildman–Crippen MR) is 93.5 cm³/mol. The summed E-state index contributed by atoms with van der Waals surface area (Å²) in [6.45, 7) is 7.92. The van der Waals surface area contributed by atoms with Gasteiger partial charge in [-0.3, -0.25) is 9.59 Å². The molecule has 0 saturated heterocycles. The van der Waals surface area contributed by atoms with E-state index in [1.807, 2.05) is 38.1 Å². The van der Waals surface area contributed by atoms with E-state index in [4.69, 9.17) is 4.42 Å². The van der Waals surface area contributed by atoms with Crippen LogP contribution in [0.5, 0.6) is 0 Å². The molecule has 0 aliphatic rings. The van der Waals surface area contributed by atoms with Gasteiger partial charge in [-0.1, -0.05) is 12.1 Å². The molecule has 2 aromatic rings. The Bertz CT molecular complexity index is 705. The lowest BCUT2D eigenvalue weighted by Gasteiger charge is -2.30. The number of nitrogens with one attached hydrogen (secondary N) is 1. The van der Waals surface area contributed by atoms with E-state index in [0.29, 0.717) is 12.3 Å². The number of carbonyl (C=O) groups excluding carboxylic acids is 2. The average Bonchev–Trinajstić information content (AvgIpc) is 3.06. The molecule has 24 heavy (non-hydrogen) atoms. The van der Waals surface area contributed by atoms with Gasteiger partial charge in [0.05, 0.1) is 12.8 Å². The van der Waals surface area contributed by atoms with Crippen LogP contribution in [0.4, 0.5) is 5.69 Å². The number of hydrogen-bond acceptors (Lipinski definition) is 3. The molecule has 1 aromatic carbocycles. The number of furan rings is 1. The number of aryl methyl sites for hydroxylation is 1. The lowest BCUT2D eigenvalue weighted by Crippen LogP contribution is -2.49. The van der Waals surface area contributed by atoms with Crippen LogP contribution >= 0.6 is 0 Å². The van der Waals surface area contributed by atoms with Crippen molar-refractivity contribution in [2.45, 2.75) is 34.2 Å². The summed E-state index contributed by atoms with van der Waals surface area (Å²) in [7, 11) is 0. The Balaban J connectivity index is 2.13. The van der Waals surface area contributed by atoms with E-state index in [2.05, 4.69) is 5.32 Å². The highest BCUT2D eigenvalue weighted by molar-refractivity contribution is 6.11. The second kappa shape index (κ2) is 7.34. The SMILES string of the molecule is CCN(C(=O)C(C)(C)C(=O)NCc1ccco1)c1cccc(C)c1. The highest BCUT2D eigenvalue weighted by Gasteiger charge is 2.39. The molecule has 0 unspecified atom stereocenters. The fourth-order valence-electron chi connectivity index (χ4n) is 2.48. The molecule has 2 amide bonds. The minimum atomic E-state index is -1.17. The summed E-state index contributed by atoms with van der Waals surface area (Å²) in [5, 5.41) is 2.77. The van der Waals surface area contributed by atoms with Gasteiger partial charge < -0.3 is 14.6 Å². The molecule has 5 nitrogen and oxygen atoms in total. The van der Waals surface area contributed by atoms with Crippen molar-refractivity contribution in [3.05, 3.63) is 54.0 Å². The Morgan fingerprint density at radius 3 is 2.54 bits per heavy atom. The van der Waals surface area contributed by atoms with E-state index >= 15 is 0 Å². The van der Waals surface area contributed by atoms with Gasteiger partial charge in [-0.25, -0.2) is 0 Å². The molecule has 0 atom stereocenters. The highest BCUT2D eigenvalue weighted by atomic mass is 16.3. The van der Waals surface area contributed by atoms with Gasteiger partial charge >= 0.3 is 0 Å². The summed E-state index contributed by atoms with van der Waals surface area (Å²) >= 11 is 0. The fraction of sp³-hybridized carbons (Fsp3) is 0.368. The molecule has 2 rings (SSSR count). The first-order valence-electron chi connectivity index (χ1n) is 8.05. The number of benzene rings is 1. The molecule has 1 N–H and O–H groups in total. The van der Waals surface area contributed by atoms with Gasteiger partial charge in [0, 0.05) is 12.2 Å². The first kappa shape index (κ1) is 17.8. The Kier molecular flexibility index (Phi) is 5.44. The quantitative estimate of drug-likeness (QED) is 0.828. The van der Waals surface area contributed by atoms with E-state index in [0.717, 1.165) is 11.3 Å². The van der Waals surface area contributed by atoms with Gasteiger partial charge in [-0.2, -0.15) is 0 Å². The maximum Gasteiger partial charge on any atom is 0.242 e. The van der Waals surface area contributed by atoms with Gasteiger partial charge in [-0.15, -0.1) is 0 Å². The summed E-state index contributed by atoms with van der Waals surface area (Å²) in [6.07, 6.45) is 1.55. The molecule has 0 bridgehead atoms. The molecule has 1 aromatic heterocycles. The summed E-state index contributed by atoms with van der Waals surface area (Å²) in [4.78, 5) is 27.1. The van der Waals surface area contributed by atoms with E-state index in [1.54, 1.807) is 37.1 Å². The molecule has 0 radical (unpaired) electrons. The number of rotatable bonds is 6. The van der Waals surface area contributed by atoms with Crippen LogP contribution in [0.3, 0.4) is 0 Å². The van der Waals surface area contributed by atoms with Crippen molar-refractivity contribution in [3.8, 4) is 0 Å². The molecule has 0 saturated carbocycles. The van der Waals surface area contributed by atoms with Crippen LogP contribution in [0.15, 0.2) is 47.1 Å². The molecule has 0 fully saturated rings. The Labute approximate surface area is 142 Å². The van der Waals surface area contributed by atoms with Crippen LogP contribution in [-0.4, -0.2) is 18.4 Å². The largest absolute Gasteiger partial charge is 0.467 e. The zero-order valence-corrected chi connectivity index (χ0v) is 14.6. The molecule has 5 heteroatoms. The standard InChI is InChI=1S/C19H24N2O3/c1-5-21(15-9-6-8-14(2)12-15)18(23)19(3,4)17(22)20-13-16-10-7-11-24-16/h6-12H,5,13H2,1-4H3,(H,20,22). The lowest BCUT2D eigenvalue weighted by atomic mass is 9.90. The average molecular weight is 328 g/mol. The highest BCUT2D eigenvalue weighted by Crippen LogP contribution is 2.25. The van der Waals surface area contributed by atoms with Gasteiger partial charge in [0.2, 0.25) is 11.8 Å². The van der Waals surface area contributed by atoms with Gasteiger partial charge in [-0.05, 0) is 57.5 Å². The maximum atomic E-state index is 13.0. The van der Waals surface area contributed by atoms with Crippen molar-refractivity contribution in [3.63, 3.8) is 0 Å². The first-order valence-corrected chi connectivity index (χ1v) is 8.05. The van der Waals surface area contributed by atoms with Crippen LogP contribution in [0.1, 0.15) is 32.1 Å². The third kappa shape index (κ3) is 3.85. The normalized spacial score (nSPS) is 11.2. The second-order valence-corrected chi connectivity index (χ2v) is 6.28. The third-order valence-corrected chi connectivity index (χ3v) is 3.98. The topological polar surface area (TPSA) is 62.6 Å². The number of anilines is 1. The maximum absolute atomic E-state index is 13.0. The Morgan fingerprint density at radius 1 is 1.21 bits per heavy atom. The van der Waals surface area contributed by atoms with E-state index < -0.39 is 5.41 Å². The van der Waals surface area contributed by atoms with Crippen LogP contribution in [-0.2, 0) is 16.1 Å². The minimum Gasteiger partial charge on any atom is -0.467 e. The number of nitrogens with zero attached hydrogens (tertiary/aromatic N) is 1. The van der Waals surface area contributed by atoms with E-state index in [-0.39, 0.29) is 18.4 Å². The summed E-state index contributed by atoms with van der Waals surface area (Å²) in [5.41, 5.74) is 0.694. The molecule has 0 spiro atoms. The number of amides is 2. The van der Waals surface area contributed by atoms with Crippen molar-refractivity contribution in [1.82, 2.24) is 5.32 Å². The molecular weight excluding hydrogens is 304 g/mol. The lowest BCUT2D eigenvalue weighted by molar-refractivity contribution is -0.139. The monoisotopic (exact) mass is 328 g/mol. The minimum absolute atomic E-state index is 0.229. The smallest absolute Gasteiger partial charge is 0.242 e. The van der Waals surface area contributed by atoms with Gasteiger partial charge in [0.15, 0.2) is 0 Å².